The van der Waals surface area contributed by atoms with Crippen LogP contribution >= 0.6 is 0 Å². The Morgan fingerprint density at radius 3 is 2.67 bits per heavy atom. The minimum Gasteiger partial charge on any atom is -0.354 e. The van der Waals surface area contributed by atoms with Crippen LogP contribution in [0, 0.1) is 5.92 Å². The molecule has 0 aromatic rings. The average Bonchev–Trinajstić information content (AvgIpc) is 2.75. The zero-order chi connectivity index (χ0) is 12.8. The Hall–Kier alpha value is -1.06. The Labute approximate surface area is 109 Å². The molecule has 2 rings (SSSR count). The van der Waals surface area contributed by atoms with Crippen LogP contribution in [0.1, 0.15) is 57.8 Å². The Balaban J connectivity index is 1.66. The van der Waals surface area contributed by atoms with E-state index in [2.05, 4.69) is 10.6 Å². The minimum absolute atomic E-state index is 0.127. The van der Waals surface area contributed by atoms with Gasteiger partial charge >= 0.3 is 0 Å². The fourth-order valence-electron chi connectivity index (χ4n) is 2.99. The second-order valence-corrected chi connectivity index (χ2v) is 5.67. The summed E-state index contributed by atoms with van der Waals surface area (Å²) in [6.07, 6.45) is 9.28. The van der Waals surface area contributed by atoms with Crippen LogP contribution in [0.25, 0.3) is 0 Å². The first-order valence-corrected chi connectivity index (χ1v) is 7.30. The van der Waals surface area contributed by atoms with Crippen molar-refractivity contribution in [3.63, 3.8) is 0 Å². The van der Waals surface area contributed by atoms with Crippen molar-refractivity contribution in [1.82, 2.24) is 10.6 Å². The van der Waals surface area contributed by atoms with E-state index in [1.54, 1.807) is 0 Å². The fourth-order valence-corrected chi connectivity index (χ4v) is 2.99. The highest BCUT2D eigenvalue weighted by atomic mass is 16.2. The maximum Gasteiger partial charge on any atom is 0.220 e. The van der Waals surface area contributed by atoms with Gasteiger partial charge in [0, 0.05) is 25.4 Å². The van der Waals surface area contributed by atoms with E-state index < -0.39 is 0 Å². The smallest absolute Gasteiger partial charge is 0.220 e. The number of rotatable bonds is 4. The molecule has 102 valence electrons. The average molecular weight is 252 g/mol. The number of hydrogen-bond acceptors (Lipinski definition) is 2. The molecule has 1 unspecified atom stereocenters. The lowest BCUT2D eigenvalue weighted by atomic mass is 10.0. The summed E-state index contributed by atoms with van der Waals surface area (Å²) in [6, 6.07) is 0.132. The van der Waals surface area contributed by atoms with E-state index in [0.717, 1.165) is 19.3 Å². The molecule has 4 heteroatoms. The Morgan fingerprint density at radius 1 is 1.17 bits per heavy atom. The third kappa shape index (κ3) is 4.31. The number of hydrogen-bond donors (Lipinski definition) is 2. The Kier molecular flexibility index (Phi) is 5.02. The lowest BCUT2D eigenvalue weighted by Crippen LogP contribution is -2.42. The van der Waals surface area contributed by atoms with Gasteiger partial charge in [-0.15, -0.1) is 0 Å². The third-order valence-corrected chi connectivity index (χ3v) is 4.07. The molecule has 1 saturated heterocycles. The van der Waals surface area contributed by atoms with E-state index >= 15 is 0 Å². The first kappa shape index (κ1) is 13.4. The topological polar surface area (TPSA) is 58.2 Å². The van der Waals surface area contributed by atoms with E-state index in [9.17, 15) is 9.59 Å². The van der Waals surface area contributed by atoms with E-state index in [1.807, 2.05) is 0 Å². The Bertz CT molecular complexity index is 298. The first-order valence-electron chi connectivity index (χ1n) is 7.30. The standard InChI is InChI=1S/C14H24N2O2/c17-13-8-4-3-7-12(16-13)10-15-14(18)9-11-5-1-2-6-11/h11-12H,1-10H2,(H,15,18)(H,16,17). The van der Waals surface area contributed by atoms with Crippen molar-refractivity contribution in [3.05, 3.63) is 0 Å². The van der Waals surface area contributed by atoms with Crippen molar-refractivity contribution >= 4 is 11.8 Å². The molecule has 18 heavy (non-hydrogen) atoms. The lowest BCUT2D eigenvalue weighted by Gasteiger charge is -2.17. The van der Waals surface area contributed by atoms with Gasteiger partial charge in [-0.2, -0.15) is 0 Å². The van der Waals surface area contributed by atoms with E-state index in [1.165, 1.54) is 25.7 Å². The predicted molar refractivity (Wildman–Crippen MR) is 70.0 cm³/mol. The molecule has 2 amide bonds. The number of carbonyl (C=O) groups is 2. The van der Waals surface area contributed by atoms with Crippen LogP contribution in [0.5, 0.6) is 0 Å². The van der Waals surface area contributed by atoms with Crippen LogP contribution in [0.2, 0.25) is 0 Å². The second kappa shape index (κ2) is 6.76. The highest BCUT2D eigenvalue weighted by Gasteiger charge is 2.20. The van der Waals surface area contributed by atoms with Crippen molar-refractivity contribution < 1.29 is 9.59 Å². The van der Waals surface area contributed by atoms with Crippen molar-refractivity contribution in [2.45, 2.75) is 63.8 Å². The van der Waals surface area contributed by atoms with Gasteiger partial charge in [0.15, 0.2) is 0 Å². The normalized spacial score (nSPS) is 25.6. The van der Waals surface area contributed by atoms with Crippen LogP contribution in [0.15, 0.2) is 0 Å². The molecule has 2 N–H and O–H groups in total. The summed E-state index contributed by atoms with van der Waals surface area (Å²) < 4.78 is 0. The summed E-state index contributed by atoms with van der Waals surface area (Å²) in [5.41, 5.74) is 0. The highest BCUT2D eigenvalue weighted by molar-refractivity contribution is 5.77. The molecule has 1 aliphatic carbocycles. The van der Waals surface area contributed by atoms with Crippen LogP contribution in [0.3, 0.4) is 0 Å². The predicted octanol–water partition coefficient (Wildman–Crippen LogP) is 1.74. The summed E-state index contributed by atoms with van der Waals surface area (Å²) in [4.78, 5) is 23.2. The molecule has 1 atom stereocenters. The number of carbonyl (C=O) groups excluding carboxylic acids is 2. The molecule has 1 aliphatic heterocycles. The second-order valence-electron chi connectivity index (χ2n) is 5.67. The maximum absolute atomic E-state index is 11.8. The molecule has 0 spiro atoms. The molecule has 0 bridgehead atoms. The van der Waals surface area contributed by atoms with Gasteiger partial charge < -0.3 is 10.6 Å². The zero-order valence-electron chi connectivity index (χ0n) is 11.0. The fraction of sp³-hybridized carbons (Fsp3) is 0.857. The first-order chi connectivity index (χ1) is 8.74. The van der Waals surface area contributed by atoms with Gasteiger partial charge in [-0.1, -0.05) is 19.3 Å². The zero-order valence-corrected chi connectivity index (χ0v) is 11.0. The molecule has 1 saturated carbocycles. The van der Waals surface area contributed by atoms with Gasteiger partial charge in [0.05, 0.1) is 0 Å². The molecule has 2 aliphatic rings. The monoisotopic (exact) mass is 252 g/mol. The summed E-state index contributed by atoms with van der Waals surface area (Å²) in [5.74, 6) is 0.872. The maximum atomic E-state index is 11.8. The van der Waals surface area contributed by atoms with Gasteiger partial charge in [-0.05, 0) is 31.6 Å². The highest BCUT2D eigenvalue weighted by Crippen LogP contribution is 2.27. The number of nitrogens with one attached hydrogen (secondary N) is 2. The van der Waals surface area contributed by atoms with Gasteiger partial charge in [0.1, 0.15) is 0 Å². The van der Waals surface area contributed by atoms with Gasteiger partial charge in [-0.25, -0.2) is 0 Å². The largest absolute Gasteiger partial charge is 0.354 e. The van der Waals surface area contributed by atoms with Crippen molar-refractivity contribution in [2.75, 3.05) is 6.54 Å². The molecular formula is C14H24N2O2. The third-order valence-electron chi connectivity index (χ3n) is 4.07. The SMILES string of the molecule is O=C(CC1CCCC1)NCC1CCCCC(=O)N1. The van der Waals surface area contributed by atoms with Crippen molar-refractivity contribution in [3.8, 4) is 0 Å². The van der Waals surface area contributed by atoms with E-state index in [0.29, 0.717) is 25.3 Å². The van der Waals surface area contributed by atoms with Gasteiger partial charge in [0.2, 0.25) is 11.8 Å². The Morgan fingerprint density at radius 2 is 1.89 bits per heavy atom. The number of amides is 2. The molecule has 0 radical (unpaired) electrons. The quantitative estimate of drug-likeness (QED) is 0.800. The summed E-state index contributed by atoms with van der Waals surface area (Å²) in [6.45, 7) is 0.595. The van der Waals surface area contributed by atoms with E-state index in [4.69, 9.17) is 0 Å². The molecule has 0 aromatic heterocycles. The summed E-state index contributed by atoms with van der Waals surface area (Å²) >= 11 is 0. The van der Waals surface area contributed by atoms with Crippen LogP contribution in [-0.4, -0.2) is 24.4 Å². The van der Waals surface area contributed by atoms with E-state index in [-0.39, 0.29) is 17.9 Å². The van der Waals surface area contributed by atoms with Crippen molar-refractivity contribution in [2.24, 2.45) is 5.92 Å². The molecule has 0 aromatic carbocycles. The minimum atomic E-state index is 0.127. The van der Waals surface area contributed by atoms with Crippen molar-refractivity contribution in [1.29, 1.82) is 0 Å². The molecular weight excluding hydrogens is 228 g/mol. The molecule has 2 fully saturated rings. The molecule has 4 nitrogen and oxygen atoms in total. The van der Waals surface area contributed by atoms with Gasteiger partial charge in [0.25, 0.3) is 0 Å². The van der Waals surface area contributed by atoms with Crippen LogP contribution in [0.4, 0.5) is 0 Å². The lowest BCUT2D eigenvalue weighted by molar-refractivity contribution is -0.123. The van der Waals surface area contributed by atoms with Crippen LogP contribution < -0.4 is 10.6 Å². The summed E-state index contributed by atoms with van der Waals surface area (Å²) in [5, 5.41) is 5.95. The summed E-state index contributed by atoms with van der Waals surface area (Å²) in [7, 11) is 0. The van der Waals surface area contributed by atoms with Gasteiger partial charge in [-0.3, -0.25) is 9.59 Å². The van der Waals surface area contributed by atoms with Crippen LogP contribution in [-0.2, 0) is 9.59 Å². The molecule has 1 heterocycles.